The monoisotopic (exact) mass is 852 g/mol. The zero-order chi connectivity index (χ0) is 43.4. The molecule has 58 heavy (non-hydrogen) atoms. The average molecular weight is 853 g/mol. The Morgan fingerprint density at radius 2 is 1.29 bits per heavy atom. The van der Waals surface area contributed by atoms with Gasteiger partial charge in [0.15, 0.2) is 18.9 Å². The van der Waals surface area contributed by atoms with Crippen molar-refractivity contribution in [2.24, 2.45) is 0 Å². The van der Waals surface area contributed by atoms with Crippen LogP contribution in [0.2, 0.25) is 0 Å². The lowest BCUT2D eigenvalue weighted by atomic mass is 9.88. The molecule has 1 unspecified atom stereocenters. The topological polar surface area (TPSA) is 443 Å². The number of hydrogen-bond acceptors (Lipinski definition) is 24. The largest absolute Gasteiger partial charge is 0.477 e. The number of aliphatic hydroxyl groups excluding tert-OH is 14. The molecular weight excluding hydrogens is 800 g/mol. The van der Waals surface area contributed by atoms with Crippen LogP contribution in [0.25, 0.3) is 0 Å². The number of carbonyl (C=O) groups is 3. The minimum absolute atomic E-state index is 0.735. The van der Waals surface area contributed by atoms with E-state index < -0.39 is 186 Å². The van der Waals surface area contributed by atoms with E-state index in [0.29, 0.717) is 0 Å². The summed E-state index contributed by atoms with van der Waals surface area (Å²) < 4.78 is 39.1. The van der Waals surface area contributed by atoms with Crippen LogP contribution < -0.4 is 10.6 Å². The van der Waals surface area contributed by atoms with Crippen molar-refractivity contribution in [2.75, 3.05) is 33.0 Å². The van der Waals surface area contributed by atoms with Crippen molar-refractivity contribution in [3.63, 3.8) is 0 Å². The predicted octanol–water partition coefficient (Wildman–Crippen LogP) is -11.3. The van der Waals surface area contributed by atoms with Gasteiger partial charge in [-0.05, 0) is 0 Å². The molecule has 4 aliphatic heterocycles. The van der Waals surface area contributed by atoms with Crippen molar-refractivity contribution in [2.45, 2.75) is 142 Å². The summed E-state index contributed by atoms with van der Waals surface area (Å²) in [6.07, 6.45) is -37.2. The number of aliphatic carboxylic acids is 1. The highest BCUT2D eigenvalue weighted by atomic mass is 16.8. The van der Waals surface area contributed by atoms with Crippen LogP contribution >= 0.6 is 0 Å². The number of amides is 2. The van der Waals surface area contributed by atoms with E-state index in [0.717, 1.165) is 6.92 Å². The van der Waals surface area contributed by atoms with E-state index in [1.54, 1.807) is 0 Å². The number of aliphatic hydroxyl groups is 14. The van der Waals surface area contributed by atoms with Crippen molar-refractivity contribution < 1.29 is 124 Å². The smallest absolute Gasteiger partial charge is 0.364 e. The van der Waals surface area contributed by atoms with Crippen LogP contribution in [0.15, 0.2) is 0 Å². The molecule has 21 atom stereocenters. The van der Waals surface area contributed by atoms with Crippen LogP contribution in [-0.4, -0.2) is 256 Å². The summed E-state index contributed by atoms with van der Waals surface area (Å²) in [5, 5.41) is 161. The fourth-order valence-electron chi connectivity index (χ4n) is 7.05. The molecular formula is C31H52N2O25. The van der Waals surface area contributed by atoms with Gasteiger partial charge in [0.05, 0.1) is 38.6 Å². The molecule has 4 saturated heterocycles. The summed E-state index contributed by atoms with van der Waals surface area (Å²) in [5.74, 6) is -7.19. The van der Waals surface area contributed by atoms with Crippen LogP contribution in [-0.2, 0) is 47.5 Å². The van der Waals surface area contributed by atoms with Crippen molar-refractivity contribution >= 4 is 17.8 Å². The first kappa shape index (κ1) is 48.2. The van der Waals surface area contributed by atoms with E-state index in [1.165, 1.54) is 0 Å². The van der Waals surface area contributed by atoms with Crippen LogP contribution in [0.4, 0.5) is 0 Å². The van der Waals surface area contributed by atoms with Gasteiger partial charge >= 0.3 is 5.97 Å². The van der Waals surface area contributed by atoms with Gasteiger partial charge in [0.25, 0.3) is 5.79 Å². The maximum absolute atomic E-state index is 12.9. The number of carboxylic acid groups (broad SMARTS) is 1. The molecule has 0 radical (unpaired) electrons. The van der Waals surface area contributed by atoms with Gasteiger partial charge in [-0.25, -0.2) is 4.79 Å². The van der Waals surface area contributed by atoms with Gasteiger partial charge in [-0.15, -0.1) is 0 Å². The average Bonchev–Trinajstić information content (AvgIpc) is 3.19. The third-order valence-electron chi connectivity index (χ3n) is 10.1. The molecule has 17 N–H and O–H groups in total. The summed E-state index contributed by atoms with van der Waals surface area (Å²) in [6, 6.07) is -3.32. The van der Waals surface area contributed by atoms with Crippen LogP contribution in [0.1, 0.15) is 13.3 Å². The quantitative estimate of drug-likeness (QED) is 0.0685. The molecule has 0 bridgehead atoms. The lowest BCUT2D eigenvalue weighted by molar-refractivity contribution is -0.395. The van der Waals surface area contributed by atoms with Gasteiger partial charge < -0.3 is 120 Å². The second-order valence-corrected chi connectivity index (χ2v) is 14.1. The molecule has 0 spiro atoms. The zero-order valence-corrected chi connectivity index (χ0v) is 30.6. The Labute approximate surface area is 327 Å². The lowest BCUT2D eigenvalue weighted by Crippen LogP contribution is -2.71. The Bertz CT molecular complexity index is 1370. The zero-order valence-electron chi connectivity index (χ0n) is 30.6. The highest BCUT2D eigenvalue weighted by Crippen LogP contribution is 2.39. The summed E-state index contributed by atoms with van der Waals surface area (Å²) in [7, 11) is 0. The summed E-state index contributed by atoms with van der Waals surface area (Å²) >= 11 is 0. The molecule has 0 aliphatic carbocycles. The van der Waals surface area contributed by atoms with E-state index >= 15 is 0 Å². The maximum Gasteiger partial charge on any atom is 0.364 e. The van der Waals surface area contributed by atoms with Crippen molar-refractivity contribution in [1.82, 2.24) is 10.6 Å². The fourth-order valence-corrected chi connectivity index (χ4v) is 7.05. The summed E-state index contributed by atoms with van der Waals surface area (Å²) in [4.78, 5) is 36.8. The molecule has 4 fully saturated rings. The second-order valence-electron chi connectivity index (χ2n) is 14.1. The molecule has 0 aromatic carbocycles. The van der Waals surface area contributed by atoms with E-state index in [1.807, 2.05) is 0 Å². The fraction of sp³-hybridized carbons (Fsp3) is 0.903. The summed E-state index contributed by atoms with van der Waals surface area (Å²) in [6.45, 7) is -4.23. The third kappa shape index (κ3) is 10.2. The number of carboxylic acids is 1. The van der Waals surface area contributed by atoms with Gasteiger partial charge in [-0.1, -0.05) is 0 Å². The molecule has 2 amide bonds. The summed E-state index contributed by atoms with van der Waals surface area (Å²) in [5.41, 5.74) is 0. The number of ether oxygens (including phenoxy) is 7. The minimum atomic E-state index is -3.21. The van der Waals surface area contributed by atoms with Crippen LogP contribution in [0, 0.1) is 0 Å². The predicted molar refractivity (Wildman–Crippen MR) is 176 cm³/mol. The normalized spacial score (nSPS) is 44.5. The van der Waals surface area contributed by atoms with Crippen molar-refractivity contribution in [3.8, 4) is 0 Å². The van der Waals surface area contributed by atoms with Crippen molar-refractivity contribution in [3.05, 3.63) is 0 Å². The molecule has 336 valence electrons. The van der Waals surface area contributed by atoms with Crippen molar-refractivity contribution in [1.29, 1.82) is 0 Å². The van der Waals surface area contributed by atoms with Gasteiger partial charge in [-0.2, -0.15) is 0 Å². The number of hydrogen-bond donors (Lipinski definition) is 17. The lowest BCUT2D eigenvalue weighted by Gasteiger charge is -2.51. The van der Waals surface area contributed by atoms with Gasteiger partial charge in [0.2, 0.25) is 11.8 Å². The SMILES string of the molecule is CC(=O)N[C@H]1[C@@H](O[C@@H]2[C@H](O)[C@@H](O)[C@H](O[C@@H]3[C@H](O[C@]4(C(=O)O)C[C@H](O)[C@@H](NC(=O)CO)[C@H]([C@H](O)[C@H](O)CO)O4)[C@@H](O)C(O)O[C@@H]3CO)O[C@@H]2CO)O[C@H](CO)[C@@H](O)[C@@H]1O. The van der Waals surface area contributed by atoms with Gasteiger partial charge in [0, 0.05) is 13.3 Å². The van der Waals surface area contributed by atoms with E-state index in [-0.39, 0.29) is 0 Å². The second kappa shape index (κ2) is 20.4. The van der Waals surface area contributed by atoms with E-state index in [2.05, 4.69) is 10.6 Å². The number of carbonyl (C=O) groups excluding carboxylic acids is 2. The first-order valence-electron chi connectivity index (χ1n) is 17.9. The number of nitrogens with one attached hydrogen (secondary N) is 2. The Morgan fingerprint density at radius 1 is 0.707 bits per heavy atom. The van der Waals surface area contributed by atoms with E-state index in [9.17, 15) is 91.0 Å². The standard InChI is InChI=1S/C31H52N2O25/c1-8(39)32-16-19(45)18(44)11(4-35)53-28(16)55-23-12(5-36)54-29(21(47)20(23)46)56-24-13(6-37)52-27(49)22(48)26(24)58-31(30(50)51)2-9(40)15(33-14(42)7-38)25(57-31)17(43)10(41)3-34/h9-13,15-29,34-38,40-41,43-49H,2-7H2,1H3,(H,32,39)(H,33,42)(H,50,51)/t9-,10+,11+,12+,13+,15+,16+,17+,18+,19+,20+,21+,22+,23-,24-,25+,26+,27?,28+,29-,31-/m0/s1. The Hall–Kier alpha value is -2.43. The van der Waals surface area contributed by atoms with Gasteiger partial charge in [-0.3, -0.25) is 9.59 Å². The number of rotatable bonds is 16. The Kier molecular flexibility index (Phi) is 17.0. The highest BCUT2D eigenvalue weighted by Gasteiger charge is 2.61. The highest BCUT2D eigenvalue weighted by molar-refractivity contribution is 5.78. The molecule has 27 nitrogen and oxygen atoms in total. The molecule has 4 rings (SSSR count). The first-order chi connectivity index (χ1) is 27.3. The first-order valence-corrected chi connectivity index (χ1v) is 17.9. The Balaban J connectivity index is 1.64. The van der Waals surface area contributed by atoms with Crippen LogP contribution in [0.5, 0.6) is 0 Å². The molecule has 0 aromatic heterocycles. The Morgan fingerprint density at radius 3 is 1.84 bits per heavy atom. The maximum atomic E-state index is 12.9. The van der Waals surface area contributed by atoms with Crippen LogP contribution in [0.3, 0.4) is 0 Å². The van der Waals surface area contributed by atoms with Gasteiger partial charge in [0.1, 0.15) is 98.1 Å². The molecule has 4 heterocycles. The third-order valence-corrected chi connectivity index (χ3v) is 10.1. The molecule has 0 aromatic rings. The molecule has 27 heteroatoms. The minimum Gasteiger partial charge on any atom is -0.477 e. The molecule has 4 aliphatic rings. The van der Waals surface area contributed by atoms with E-state index in [4.69, 9.17) is 33.2 Å². The molecule has 0 saturated carbocycles.